The molecule has 2 amide bonds. The van der Waals surface area contributed by atoms with Crippen molar-refractivity contribution in [3.8, 4) is 10.6 Å². The Kier molecular flexibility index (Phi) is 2.43. The van der Waals surface area contributed by atoms with E-state index in [1.807, 2.05) is 23.6 Å². The van der Waals surface area contributed by atoms with Crippen molar-refractivity contribution in [3.05, 3.63) is 46.8 Å². The first-order chi connectivity index (χ1) is 10.2. The van der Waals surface area contributed by atoms with Crippen LogP contribution in [0.25, 0.3) is 21.5 Å². The zero-order valence-electron chi connectivity index (χ0n) is 11.0. The molecule has 0 bridgehead atoms. The summed E-state index contributed by atoms with van der Waals surface area (Å²) in [6, 6.07) is 9.36. The number of nitrogens with one attached hydrogen (secondary N) is 1. The second kappa shape index (κ2) is 4.20. The number of fused-ring (bicyclic) bond motifs is 2. The van der Waals surface area contributed by atoms with Crippen molar-refractivity contribution in [1.29, 1.82) is 0 Å². The summed E-state index contributed by atoms with van der Waals surface area (Å²) in [6.45, 7) is 0. The average Bonchev–Trinajstić information content (AvgIpc) is 3.16. The molecule has 5 nitrogen and oxygen atoms in total. The molecule has 1 aromatic carbocycles. The van der Waals surface area contributed by atoms with Gasteiger partial charge in [0.15, 0.2) is 0 Å². The van der Waals surface area contributed by atoms with E-state index in [1.54, 1.807) is 35.3 Å². The summed E-state index contributed by atoms with van der Waals surface area (Å²) in [7, 11) is 1.58. The Morgan fingerprint density at radius 1 is 1.14 bits per heavy atom. The van der Waals surface area contributed by atoms with Crippen molar-refractivity contribution in [2.45, 2.75) is 0 Å². The van der Waals surface area contributed by atoms with Crippen LogP contribution < -0.4 is 10.2 Å². The zero-order chi connectivity index (χ0) is 14.6. The van der Waals surface area contributed by atoms with Crippen LogP contribution in [0.15, 0.2) is 35.7 Å². The van der Waals surface area contributed by atoms with Crippen molar-refractivity contribution >= 4 is 34.1 Å². The molecule has 0 saturated carbocycles. The Hall–Kier alpha value is -2.60. The van der Waals surface area contributed by atoms with E-state index in [9.17, 15) is 9.59 Å². The van der Waals surface area contributed by atoms with Crippen LogP contribution in [0.3, 0.4) is 0 Å². The van der Waals surface area contributed by atoms with Crippen LogP contribution in [0, 0.1) is 0 Å². The first kappa shape index (κ1) is 12.2. The topological polar surface area (TPSA) is 60.3 Å². The van der Waals surface area contributed by atoms with Gasteiger partial charge in [-0.3, -0.25) is 14.9 Å². The van der Waals surface area contributed by atoms with Crippen LogP contribution >= 0.6 is 11.3 Å². The molecule has 1 aliphatic heterocycles. The lowest BCUT2D eigenvalue weighted by Gasteiger charge is -2.07. The van der Waals surface area contributed by atoms with Crippen LogP contribution in [-0.4, -0.2) is 23.7 Å². The number of nitrogens with zero attached hydrogens (tertiary/aromatic N) is 1. The van der Waals surface area contributed by atoms with Gasteiger partial charge in [-0.25, -0.2) is 0 Å². The number of imide groups is 1. The molecular weight excluding hydrogens is 288 g/mol. The van der Waals surface area contributed by atoms with Gasteiger partial charge in [-0.2, -0.15) is 4.73 Å². The average molecular weight is 298 g/mol. The van der Waals surface area contributed by atoms with Crippen LogP contribution in [0.2, 0.25) is 0 Å². The standard InChI is InChI=1S/C15H10N2O3S/c1-20-17-11-7-10-9(14(18)16-15(10)19)5-8(11)6-12(17)13-3-2-4-21-13/h2-7H,1H3,(H,16,18,19). The Balaban J connectivity index is 2.04. The number of amides is 2. The van der Waals surface area contributed by atoms with Gasteiger partial charge in [-0.05, 0) is 29.6 Å². The van der Waals surface area contributed by atoms with Crippen LogP contribution in [0.5, 0.6) is 0 Å². The molecule has 3 aromatic rings. The smallest absolute Gasteiger partial charge is 0.259 e. The van der Waals surface area contributed by atoms with Crippen LogP contribution in [-0.2, 0) is 0 Å². The number of carbonyl (C=O) groups excluding carboxylic acids is 2. The quantitative estimate of drug-likeness (QED) is 0.739. The van der Waals surface area contributed by atoms with Crippen LogP contribution in [0.1, 0.15) is 20.7 Å². The number of carbonyl (C=O) groups is 2. The summed E-state index contributed by atoms with van der Waals surface area (Å²) < 4.78 is 1.68. The highest BCUT2D eigenvalue weighted by atomic mass is 32.1. The van der Waals surface area contributed by atoms with Gasteiger partial charge in [-0.1, -0.05) is 6.07 Å². The Morgan fingerprint density at radius 2 is 1.90 bits per heavy atom. The fraction of sp³-hybridized carbons (Fsp3) is 0.0667. The van der Waals surface area contributed by atoms with E-state index in [0.29, 0.717) is 11.1 Å². The molecule has 0 spiro atoms. The Labute approximate surface area is 123 Å². The third-order valence-corrected chi connectivity index (χ3v) is 4.46. The zero-order valence-corrected chi connectivity index (χ0v) is 11.9. The summed E-state index contributed by atoms with van der Waals surface area (Å²) in [5.74, 6) is -0.710. The van der Waals surface area contributed by atoms with Gasteiger partial charge in [0.2, 0.25) is 0 Å². The normalized spacial score (nSPS) is 13.6. The fourth-order valence-corrected chi connectivity index (χ4v) is 3.36. The van der Waals surface area contributed by atoms with Gasteiger partial charge >= 0.3 is 0 Å². The third-order valence-electron chi connectivity index (χ3n) is 3.57. The summed E-state index contributed by atoms with van der Waals surface area (Å²) >= 11 is 1.60. The molecule has 1 aliphatic rings. The molecule has 2 aromatic heterocycles. The molecule has 1 N–H and O–H groups in total. The lowest BCUT2D eigenvalue weighted by molar-refractivity contribution is 0.0879. The summed E-state index contributed by atoms with van der Waals surface area (Å²) in [6.07, 6.45) is 0. The molecule has 21 heavy (non-hydrogen) atoms. The molecule has 0 unspecified atom stereocenters. The highest BCUT2D eigenvalue weighted by molar-refractivity contribution is 7.13. The van der Waals surface area contributed by atoms with Gasteiger partial charge in [0.05, 0.1) is 27.2 Å². The molecular formula is C15H10N2O3S. The molecule has 4 rings (SSSR count). The van der Waals surface area contributed by atoms with Crippen molar-refractivity contribution in [3.63, 3.8) is 0 Å². The Morgan fingerprint density at radius 3 is 2.57 bits per heavy atom. The molecule has 0 saturated heterocycles. The van der Waals surface area contributed by atoms with Gasteiger partial charge in [0, 0.05) is 5.39 Å². The summed E-state index contributed by atoms with van der Waals surface area (Å²) in [5, 5.41) is 5.16. The van der Waals surface area contributed by atoms with Crippen LogP contribution in [0.4, 0.5) is 0 Å². The molecule has 3 heterocycles. The van der Waals surface area contributed by atoms with Gasteiger partial charge in [0.25, 0.3) is 11.8 Å². The maximum atomic E-state index is 11.8. The predicted octanol–water partition coefficient (Wildman–Crippen LogP) is 2.31. The van der Waals surface area contributed by atoms with Gasteiger partial charge in [-0.15, -0.1) is 11.3 Å². The van der Waals surface area contributed by atoms with E-state index in [4.69, 9.17) is 4.84 Å². The fourth-order valence-electron chi connectivity index (χ4n) is 2.64. The van der Waals surface area contributed by atoms with E-state index < -0.39 is 0 Å². The van der Waals surface area contributed by atoms with Crippen molar-refractivity contribution in [2.75, 3.05) is 7.11 Å². The monoisotopic (exact) mass is 298 g/mol. The number of thiophene rings is 1. The number of aromatic nitrogens is 1. The van der Waals surface area contributed by atoms with Crippen molar-refractivity contribution < 1.29 is 14.4 Å². The predicted molar refractivity (Wildman–Crippen MR) is 79.6 cm³/mol. The van der Waals surface area contributed by atoms with Crippen molar-refractivity contribution in [1.82, 2.24) is 10.0 Å². The SMILES string of the molecule is COn1c(-c2cccs2)cc2cc3c(cc21)C(=O)NC3=O. The molecule has 104 valence electrons. The van der Waals surface area contributed by atoms with E-state index in [-0.39, 0.29) is 11.8 Å². The minimum atomic E-state index is -0.363. The highest BCUT2D eigenvalue weighted by Crippen LogP contribution is 2.32. The molecule has 0 fully saturated rings. The highest BCUT2D eigenvalue weighted by Gasteiger charge is 2.28. The second-order valence-electron chi connectivity index (χ2n) is 4.72. The number of hydrogen-bond acceptors (Lipinski definition) is 4. The second-order valence-corrected chi connectivity index (χ2v) is 5.67. The minimum Gasteiger partial charge on any atom is -0.416 e. The Bertz CT molecular complexity index is 893. The number of rotatable bonds is 2. The molecule has 0 atom stereocenters. The molecule has 0 aliphatic carbocycles. The lowest BCUT2D eigenvalue weighted by atomic mass is 10.1. The maximum absolute atomic E-state index is 11.8. The number of benzene rings is 1. The van der Waals surface area contributed by atoms with Gasteiger partial charge < -0.3 is 4.84 Å². The minimum absolute atomic E-state index is 0.347. The van der Waals surface area contributed by atoms with Crippen molar-refractivity contribution in [2.24, 2.45) is 0 Å². The first-order valence-corrected chi connectivity index (χ1v) is 7.20. The first-order valence-electron chi connectivity index (χ1n) is 6.32. The largest absolute Gasteiger partial charge is 0.416 e. The number of hydrogen-bond donors (Lipinski definition) is 1. The summed E-state index contributed by atoms with van der Waals surface area (Å²) in [4.78, 5) is 30.0. The lowest BCUT2D eigenvalue weighted by Crippen LogP contribution is -2.19. The third kappa shape index (κ3) is 1.62. The van der Waals surface area contributed by atoms with Gasteiger partial charge in [0.1, 0.15) is 7.11 Å². The van der Waals surface area contributed by atoms with E-state index >= 15 is 0 Å². The van der Waals surface area contributed by atoms with E-state index in [2.05, 4.69) is 5.32 Å². The molecule has 6 heteroatoms. The summed E-state index contributed by atoms with van der Waals surface area (Å²) in [5.41, 5.74) is 2.48. The van der Waals surface area contributed by atoms with E-state index in [1.165, 1.54) is 0 Å². The maximum Gasteiger partial charge on any atom is 0.259 e. The molecule has 0 radical (unpaired) electrons. The van der Waals surface area contributed by atoms with E-state index in [0.717, 1.165) is 21.5 Å².